The van der Waals surface area contributed by atoms with Crippen LogP contribution < -0.4 is 9.64 Å². The van der Waals surface area contributed by atoms with Gasteiger partial charge in [0.25, 0.3) is 5.91 Å². The van der Waals surface area contributed by atoms with Gasteiger partial charge >= 0.3 is 12.4 Å². The van der Waals surface area contributed by atoms with E-state index in [4.69, 9.17) is 9.72 Å². The Morgan fingerprint density at radius 1 is 0.907 bits per heavy atom. The summed E-state index contributed by atoms with van der Waals surface area (Å²) in [5, 5.41) is 0. The summed E-state index contributed by atoms with van der Waals surface area (Å²) >= 11 is 0. The molecule has 1 fully saturated rings. The van der Waals surface area contributed by atoms with Gasteiger partial charge in [0.05, 0.1) is 23.4 Å². The number of anilines is 1. The Morgan fingerprint density at radius 3 is 2.12 bits per heavy atom. The van der Waals surface area contributed by atoms with Crippen molar-refractivity contribution in [3.05, 3.63) is 70.3 Å². The lowest BCUT2D eigenvalue weighted by atomic mass is 10.0. The molecule has 1 saturated heterocycles. The third-order valence-corrected chi connectivity index (χ3v) is 7.39. The lowest BCUT2D eigenvalue weighted by Crippen LogP contribution is -2.48. The highest BCUT2D eigenvalue weighted by atomic mass is 19.4. The molecular formula is C29H27F6N5O3. The lowest BCUT2D eigenvalue weighted by molar-refractivity contribution is -0.143. The minimum Gasteiger partial charge on any atom is -0.475 e. The number of piperazine rings is 1. The van der Waals surface area contributed by atoms with Gasteiger partial charge in [0.1, 0.15) is 12.2 Å². The molecule has 2 amide bonds. The van der Waals surface area contributed by atoms with Gasteiger partial charge < -0.3 is 19.4 Å². The summed E-state index contributed by atoms with van der Waals surface area (Å²) in [6, 6.07) is 8.39. The molecule has 8 nitrogen and oxygen atoms in total. The smallest absolute Gasteiger partial charge is 0.416 e. The Hall–Kier alpha value is -4.36. The number of aromatic nitrogens is 2. The van der Waals surface area contributed by atoms with Gasteiger partial charge in [-0.05, 0) is 36.2 Å². The first-order chi connectivity index (χ1) is 20.2. The van der Waals surface area contributed by atoms with Crippen LogP contribution >= 0.6 is 0 Å². The second-order valence-corrected chi connectivity index (χ2v) is 10.3. The second-order valence-electron chi connectivity index (χ2n) is 10.3. The average Bonchev–Trinajstić information content (AvgIpc) is 3.10. The first-order valence-electron chi connectivity index (χ1n) is 13.4. The van der Waals surface area contributed by atoms with E-state index in [2.05, 4.69) is 4.98 Å². The van der Waals surface area contributed by atoms with Gasteiger partial charge in [0.15, 0.2) is 0 Å². The van der Waals surface area contributed by atoms with E-state index in [0.717, 1.165) is 10.5 Å². The van der Waals surface area contributed by atoms with Crippen LogP contribution in [0.1, 0.15) is 39.5 Å². The van der Waals surface area contributed by atoms with Crippen molar-refractivity contribution < 1.29 is 40.7 Å². The number of rotatable bonds is 4. The number of benzene rings is 2. The zero-order valence-corrected chi connectivity index (χ0v) is 23.2. The second kappa shape index (κ2) is 11.4. The van der Waals surface area contributed by atoms with Gasteiger partial charge in [-0.2, -0.15) is 31.3 Å². The number of fused-ring (bicyclic) bond motifs is 1. The van der Waals surface area contributed by atoms with Gasteiger partial charge in [-0.1, -0.05) is 24.3 Å². The average molecular weight is 608 g/mol. The van der Waals surface area contributed by atoms with Crippen LogP contribution in [0.3, 0.4) is 0 Å². The number of carbonyl (C=O) groups is 2. The molecule has 0 atom stereocenters. The molecule has 0 radical (unpaired) electrons. The number of nitrogens with zero attached hydrogens (tertiary/aromatic N) is 5. The SMILES string of the molecule is CC(=O)N1CCN(c2nc3c(c(-c4ccccc4C)n2)C(=O)N(Cc2cc(C(F)(F)F)cc(C(F)(F)F)c2)CCO3)CC1. The predicted octanol–water partition coefficient (Wildman–Crippen LogP) is 5.19. The van der Waals surface area contributed by atoms with Crippen molar-refractivity contribution >= 4 is 17.8 Å². The summed E-state index contributed by atoms with van der Waals surface area (Å²) < 4.78 is 86.7. The third-order valence-electron chi connectivity index (χ3n) is 7.39. The summed E-state index contributed by atoms with van der Waals surface area (Å²) in [4.78, 5) is 39.7. The number of ether oxygens (including phenoxy) is 1. The van der Waals surface area contributed by atoms with Crippen LogP contribution in [0.4, 0.5) is 32.3 Å². The van der Waals surface area contributed by atoms with Gasteiger partial charge in [-0.25, -0.2) is 4.98 Å². The normalized spacial score (nSPS) is 16.1. The Kier molecular flexibility index (Phi) is 7.97. The number of alkyl halides is 6. The molecule has 2 aromatic carbocycles. The highest BCUT2D eigenvalue weighted by Gasteiger charge is 2.38. The monoisotopic (exact) mass is 607 g/mol. The molecule has 3 heterocycles. The Labute approximate surface area is 242 Å². The van der Waals surface area contributed by atoms with Crippen LogP contribution in [0.25, 0.3) is 11.3 Å². The van der Waals surface area contributed by atoms with Crippen molar-refractivity contribution in [3.8, 4) is 17.1 Å². The standard InChI is InChI=1S/C29H27F6N5O3/c1-17-5-3-4-6-22(17)24-23-25(37-27(36-24)39-9-7-38(8-10-39)18(2)41)43-12-11-40(26(23)42)16-19-13-20(28(30,31)32)15-21(14-19)29(33,34)35/h3-6,13-15H,7-12,16H2,1-2H3. The molecule has 0 spiro atoms. The molecule has 2 aliphatic rings. The van der Waals surface area contributed by atoms with E-state index in [1.54, 1.807) is 23.1 Å². The van der Waals surface area contributed by atoms with Crippen molar-refractivity contribution in [1.29, 1.82) is 0 Å². The van der Waals surface area contributed by atoms with Crippen molar-refractivity contribution in [2.24, 2.45) is 0 Å². The van der Waals surface area contributed by atoms with Crippen LogP contribution in [0, 0.1) is 6.92 Å². The van der Waals surface area contributed by atoms with Gasteiger partial charge in [0.2, 0.25) is 17.7 Å². The van der Waals surface area contributed by atoms with Crippen LogP contribution in [0.2, 0.25) is 0 Å². The predicted molar refractivity (Wildman–Crippen MR) is 143 cm³/mol. The fourth-order valence-electron chi connectivity index (χ4n) is 5.12. The van der Waals surface area contributed by atoms with Crippen molar-refractivity contribution in [3.63, 3.8) is 0 Å². The first-order valence-corrected chi connectivity index (χ1v) is 13.4. The number of hydrogen-bond donors (Lipinski definition) is 0. The van der Waals surface area contributed by atoms with Crippen molar-refractivity contribution in [2.45, 2.75) is 32.7 Å². The Bertz CT molecular complexity index is 1520. The molecule has 0 bridgehead atoms. The maximum Gasteiger partial charge on any atom is 0.416 e. The molecule has 1 aromatic heterocycles. The van der Waals surface area contributed by atoms with E-state index in [-0.39, 0.29) is 53.8 Å². The molecule has 14 heteroatoms. The maximum absolute atomic E-state index is 14.0. The number of halogens is 6. The Balaban J connectivity index is 1.56. The maximum atomic E-state index is 14.0. The van der Waals surface area contributed by atoms with Crippen LogP contribution in [0.5, 0.6) is 5.88 Å². The molecule has 0 unspecified atom stereocenters. The summed E-state index contributed by atoms with van der Waals surface area (Å²) in [6.45, 7) is 4.30. The molecule has 3 aromatic rings. The van der Waals surface area contributed by atoms with Crippen molar-refractivity contribution in [1.82, 2.24) is 19.8 Å². The zero-order valence-electron chi connectivity index (χ0n) is 23.2. The van der Waals surface area contributed by atoms with Gasteiger partial charge in [-0.3, -0.25) is 9.59 Å². The quantitative estimate of drug-likeness (QED) is 0.380. The van der Waals surface area contributed by atoms with E-state index >= 15 is 0 Å². The fourth-order valence-corrected chi connectivity index (χ4v) is 5.12. The molecule has 0 saturated carbocycles. The lowest BCUT2D eigenvalue weighted by Gasteiger charge is -2.34. The minimum atomic E-state index is -5.02. The summed E-state index contributed by atoms with van der Waals surface area (Å²) in [6.07, 6.45) is -10.0. The Morgan fingerprint density at radius 2 is 1.53 bits per heavy atom. The van der Waals surface area contributed by atoms with E-state index in [0.29, 0.717) is 43.9 Å². The topological polar surface area (TPSA) is 78.9 Å². The van der Waals surface area contributed by atoms with Gasteiger partial charge in [-0.15, -0.1) is 0 Å². The summed E-state index contributed by atoms with van der Waals surface area (Å²) in [5.74, 6) is -0.510. The molecule has 0 N–H and O–H groups in total. The van der Waals surface area contributed by atoms with Crippen LogP contribution in [-0.4, -0.2) is 70.9 Å². The molecule has 228 valence electrons. The highest BCUT2D eigenvalue weighted by Crippen LogP contribution is 2.38. The summed E-state index contributed by atoms with van der Waals surface area (Å²) in [5.41, 5.74) is -1.72. The fraction of sp³-hybridized carbons (Fsp3) is 0.379. The molecular weight excluding hydrogens is 580 g/mol. The molecule has 0 aliphatic carbocycles. The third kappa shape index (κ3) is 6.37. The number of aryl methyl sites for hydroxylation is 1. The van der Waals surface area contributed by atoms with E-state index in [9.17, 15) is 35.9 Å². The highest BCUT2D eigenvalue weighted by molar-refractivity contribution is 6.02. The van der Waals surface area contributed by atoms with Crippen LogP contribution in [0.15, 0.2) is 42.5 Å². The van der Waals surface area contributed by atoms with Gasteiger partial charge in [0, 0.05) is 45.2 Å². The van der Waals surface area contributed by atoms with E-state index in [1.165, 1.54) is 6.92 Å². The molecule has 5 rings (SSSR count). The zero-order chi connectivity index (χ0) is 31.1. The summed E-state index contributed by atoms with van der Waals surface area (Å²) in [7, 11) is 0. The first kappa shape index (κ1) is 30.1. The van der Waals surface area contributed by atoms with E-state index < -0.39 is 35.9 Å². The minimum absolute atomic E-state index is 0.0372. The van der Waals surface area contributed by atoms with E-state index in [1.807, 2.05) is 17.9 Å². The molecule has 43 heavy (non-hydrogen) atoms. The number of amides is 2. The van der Waals surface area contributed by atoms with Crippen LogP contribution in [-0.2, 0) is 23.7 Å². The van der Waals surface area contributed by atoms with Crippen molar-refractivity contribution in [2.75, 3.05) is 44.2 Å². The largest absolute Gasteiger partial charge is 0.475 e. The number of hydrogen-bond acceptors (Lipinski definition) is 6. The number of carbonyl (C=O) groups excluding carboxylic acids is 2. The molecule has 2 aliphatic heterocycles.